The van der Waals surface area contributed by atoms with Gasteiger partial charge in [-0.1, -0.05) is 0 Å². The Balaban J connectivity index is 1.82. The number of aromatic nitrogens is 3. The minimum absolute atomic E-state index is 0.244. The Morgan fingerprint density at radius 2 is 1.84 bits per heavy atom. The Labute approximate surface area is 189 Å². The Hall–Kier alpha value is -3.04. The van der Waals surface area contributed by atoms with Crippen LogP contribution in [-0.4, -0.2) is 55.4 Å². The third kappa shape index (κ3) is 4.05. The van der Waals surface area contributed by atoms with E-state index in [4.69, 9.17) is 9.72 Å². The number of sulfonamides is 1. The van der Waals surface area contributed by atoms with Gasteiger partial charge in [-0.2, -0.15) is 4.31 Å². The van der Waals surface area contributed by atoms with E-state index in [0.717, 1.165) is 23.1 Å². The van der Waals surface area contributed by atoms with Crippen molar-refractivity contribution in [2.24, 2.45) is 0 Å². The van der Waals surface area contributed by atoms with Gasteiger partial charge in [-0.15, -0.1) is 0 Å². The number of benzene rings is 1. The Morgan fingerprint density at radius 3 is 2.50 bits per heavy atom. The van der Waals surface area contributed by atoms with Gasteiger partial charge in [-0.05, 0) is 61.2 Å². The van der Waals surface area contributed by atoms with E-state index in [0.29, 0.717) is 30.4 Å². The zero-order valence-electron chi connectivity index (χ0n) is 18.7. The molecular weight excluding hydrogens is 426 g/mol. The summed E-state index contributed by atoms with van der Waals surface area (Å²) in [5.74, 6) is 1.16. The van der Waals surface area contributed by atoms with Gasteiger partial charge in [0, 0.05) is 44.8 Å². The molecule has 1 aliphatic rings. The van der Waals surface area contributed by atoms with Crippen LogP contribution < -0.4 is 9.64 Å². The molecule has 0 aliphatic carbocycles. The summed E-state index contributed by atoms with van der Waals surface area (Å²) in [7, 11) is 1.59. The van der Waals surface area contributed by atoms with Gasteiger partial charge in [-0.3, -0.25) is 4.98 Å². The number of pyridine rings is 1. The summed E-state index contributed by atoms with van der Waals surface area (Å²) in [6.07, 6.45) is 6.76. The first kappa shape index (κ1) is 22.2. The Morgan fingerprint density at radius 1 is 1.09 bits per heavy atom. The van der Waals surface area contributed by atoms with Gasteiger partial charge in [0.2, 0.25) is 16.0 Å². The lowest BCUT2D eigenvalue weighted by Gasteiger charge is -2.26. The largest absolute Gasteiger partial charge is 0.497 e. The van der Waals surface area contributed by atoms with Crippen LogP contribution in [0.15, 0.2) is 53.8 Å². The van der Waals surface area contributed by atoms with Crippen molar-refractivity contribution in [3.05, 3.63) is 60.2 Å². The zero-order valence-corrected chi connectivity index (χ0v) is 19.5. The summed E-state index contributed by atoms with van der Waals surface area (Å²) < 4.78 is 33.9. The smallest absolute Gasteiger partial charge is 0.243 e. The predicted octanol–water partition coefficient (Wildman–Crippen LogP) is 3.45. The molecular formula is C23H27N5O3S. The van der Waals surface area contributed by atoms with Gasteiger partial charge < -0.3 is 9.64 Å². The van der Waals surface area contributed by atoms with Crippen LogP contribution in [0.5, 0.6) is 5.75 Å². The molecule has 0 spiro atoms. The first-order valence-electron chi connectivity index (χ1n) is 10.4. The molecule has 0 radical (unpaired) electrons. The van der Waals surface area contributed by atoms with Gasteiger partial charge in [-0.25, -0.2) is 18.4 Å². The van der Waals surface area contributed by atoms with Crippen molar-refractivity contribution < 1.29 is 13.2 Å². The SMILES string of the molecule is COc1ccc(S(=O)(=O)N2CCCC2c2nc(N(C)C)ncc2-c2ccncc2C)cc1. The number of hydrogen-bond acceptors (Lipinski definition) is 7. The highest BCUT2D eigenvalue weighted by Crippen LogP contribution is 2.40. The summed E-state index contributed by atoms with van der Waals surface area (Å²) in [5, 5.41) is 0. The molecule has 8 nitrogen and oxygen atoms in total. The second kappa shape index (κ2) is 8.84. The molecule has 1 aromatic carbocycles. The zero-order chi connectivity index (χ0) is 22.9. The van der Waals surface area contributed by atoms with Gasteiger partial charge in [0.25, 0.3) is 0 Å². The van der Waals surface area contributed by atoms with Gasteiger partial charge in [0.05, 0.1) is 23.7 Å². The Bertz CT molecular complexity index is 1210. The van der Waals surface area contributed by atoms with E-state index in [1.54, 1.807) is 54.3 Å². The summed E-state index contributed by atoms with van der Waals surface area (Å²) in [5.41, 5.74) is 3.48. The highest BCUT2D eigenvalue weighted by atomic mass is 32.2. The monoisotopic (exact) mass is 453 g/mol. The molecule has 168 valence electrons. The van der Waals surface area contributed by atoms with E-state index < -0.39 is 10.0 Å². The molecule has 4 rings (SSSR count). The molecule has 0 saturated carbocycles. The highest BCUT2D eigenvalue weighted by molar-refractivity contribution is 7.89. The van der Waals surface area contributed by atoms with Crippen molar-refractivity contribution >= 4 is 16.0 Å². The lowest BCUT2D eigenvalue weighted by molar-refractivity contribution is 0.390. The number of anilines is 1. The van der Waals surface area contributed by atoms with Crippen molar-refractivity contribution in [1.29, 1.82) is 0 Å². The molecule has 3 heterocycles. The standard InChI is InChI=1S/C23H27N5O3S/c1-16-14-24-12-11-19(16)20-15-25-23(27(2)3)26-22(20)21-6-5-13-28(21)32(29,30)18-9-7-17(31-4)8-10-18/h7-12,14-15,21H,5-6,13H2,1-4H3. The van der Waals surface area contributed by atoms with Crippen LogP contribution in [-0.2, 0) is 10.0 Å². The Kier molecular flexibility index (Phi) is 6.12. The van der Waals surface area contributed by atoms with E-state index in [2.05, 4.69) is 9.97 Å². The summed E-state index contributed by atoms with van der Waals surface area (Å²) in [4.78, 5) is 15.6. The van der Waals surface area contributed by atoms with Crippen LogP contribution in [0.4, 0.5) is 5.95 Å². The number of methoxy groups -OCH3 is 1. The molecule has 0 amide bonds. The number of nitrogens with zero attached hydrogens (tertiary/aromatic N) is 5. The molecule has 1 unspecified atom stereocenters. The number of aryl methyl sites for hydroxylation is 1. The quantitative estimate of drug-likeness (QED) is 0.565. The van der Waals surface area contributed by atoms with Crippen LogP contribution in [0.2, 0.25) is 0 Å². The predicted molar refractivity (Wildman–Crippen MR) is 123 cm³/mol. The summed E-state index contributed by atoms with van der Waals surface area (Å²) >= 11 is 0. The fourth-order valence-corrected chi connectivity index (χ4v) is 5.68. The first-order valence-corrected chi connectivity index (χ1v) is 11.9. The highest BCUT2D eigenvalue weighted by Gasteiger charge is 2.38. The van der Waals surface area contributed by atoms with E-state index in [-0.39, 0.29) is 10.9 Å². The average molecular weight is 454 g/mol. The number of hydrogen-bond donors (Lipinski definition) is 0. The minimum Gasteiger partial charge on any atom is -0.497 e. The van der Waals surface area contributed by atoms with Crippen molar-refractivity contribution in [2.75, 3.05) is 32.6 Å². The van der Waals surface area contributed by atoms with E-state index in [1.165, 1.54) is 0 Å². The van der Waals surface area contributed by atoms with Crippen molar-refractivity contribution in [2.45, 2.75) is 30.7 Å². The van der Waals surface area contributed by atoms with Crippen LogP contribution in [0, 0.1) is 6.92 Å². The molecule has 0 bridgehead atoms. The molecule has 3 aromatic rings. The van der Waals surface area contributed by atoms with Gasteiger partial charge >= 0.3 is 0 Å². The average Bonchev–Trinajstić information content (AvgIpc) is 3.30. The molecule has 0 N–H and O–H groups in total. The lowest BCUT2D eigenvalue weighted by atomic mass is 9.98. The number of rotatable bonds is 6. The molecule has 1 aliphatic heterocycles. The van der Waals surface area contributed by atoms with Crippen molar-refractivity contribution in [3.63, 3.8) is 0 Å². The fourth-order valence-electron chi connectivity index (χ4n) is 4.02. The molecule has 32 heavy (non-hydrogen) atoms. The van der Waals surface area contributed by atoms with Gasteiger partial charge in [0.1, 0.15) is 5.75 Å². The maximum Gasteiger partial charge on any atom is 0.243 e. The van der Waals surface area contributed by atoms with E-state index >= 15 is 0 Å². The topological polar surface area (TPSA) is 88.5 Å². The molecule has 1 saturated heterocycles. The molecule has 1 atom stereocenters. The molecule has 2 aromatic heterocycles. The second-order valence-electron chi connectivity index (χ2n) is 8.00. The maximum atomic E-state index is 13.6. The first-order chi connectivity index (χ1) is 15.3. The third-order valence-electron chi connectivity index (χ3n) is 5.70. The van der Waals surface area contributed by atoms with E-state index in [9.17, 15) is 8.42 Å². The molecule has 1 fully saturated rings. The maximum absolute atomic E-state index is 13.6. The second-order valence-corrected chi connectivity index (χ2v) is 9.89. The number of ether oxygens (including phenoxy) is 1. The molecule has 9 heteroatoms. The normalized spacial score (nSPS) is 16.8. The van der Waals surface area contributed by atoms with Crippen molar-refractivity contribution in [1.82, 2.24) is 19.3 Å². The van der Waals surface area contributed by atoms with Crippen LogP contribution in [0.1, 0.15) is 30.1 Å². The fraction of sp³-hybridized carbons (Fsp3) is 0.348. The minimum atomic E-state index is -3.71. The van der Waals surface area contributed by atoms with Crippen LogP contribution >= 0.6 is 0 Å². The summed E-state index contributed by atoms with van der Waals surface area (Å²) in [6, 6.07) is 8.04. The van der Waals surface area contributed by atoms with Crippen molar-refractivity contribution in [3.8, 4) is 16.9 Å². The third-order valence-corrected chi connectivity index (χ3v) is 7.62. The van der Waals surface area contributed by atoms with Gasteiger partial charge in [0.15, 0.2) is 0 Å². The van der Waals surface area contributed by atoms with Crippen LogP contribution in [0.3, 0.4) is 0 Å². The van der Waals surface area contributed by atoms with Crippen LogP contribution in [0.25, 0.3) is 11.1 Å². The van der Waals surface area contributed by atoms with E-state index in [1.807, 2.05) is 32.0 Å². The lowest BCUT2D eigenvalue weighted by Crippen LogP contribution is -2.31. The summed E-state index contributed by atoms with van der Waals surface area (Å²) in [6.45, 7) is 2.42.